The van der Waals surface area contributed by atoms with Crippen molar-refractivity contribution in [2.24, 2.45) is 5.92 Å². The standard InChI is InChI=1S/C19H29ClO3Si/c1-7-22-18(21)16-11-15(16)14-9-8-13(10-17(14)20)12-23-24(5,6)19(2,3)4/h8-10,15-16H,7,11-12H2,1-6H3. The first-order valence-corrected chi connectivity index (χ1v) is 11.9. The third-order valence-corrected chi connectivity index (χ3v) is 10.1. The molecule has 0 saturated heterocycles. The summed E-state index contributed by atoms with van der Waals surface area (Å²) >= 11 is 6.46. The van der Waals surface area contributed by atoms with E-state index in [0.717, 1.165) is 22.6 Å². The van der Waals surface area contributed by atoms with Crippen molar-refractivity contribution in [2.75, 3.05) is 6.61 Å². The molecule has 134 valence electrons. The summed E-state index contributed by atoms with van der Waals surface area (Å²) in [4.78, 5) is 11.8. The summed E-state index contributed by atoms with van der Waals surface area (Å²) in [5.41, 5.74) is 2.13. The Balaban J connectivity index is 2.00. The van der Waals surface area contributed by atoms with Crippen LogP contribution in [0.3, 0.4) is 0 Å². The van der Waals surface area contributed by atoms with E-state index in [-0.39, 0.29) is 22.8 Å². The minimum atomic E-state index is -1.77. The molecule has 0 aromatic heterocycles. The van der Waals surface area contributed by atoms with Gasteiger partial charge in [0.25, 0.3) is 0 Å². The highest BCUT2D eigenvalue weighted by Gasteiger charge is 2.46. The van der Waals surface area contributed by atoms with E-state index < -0.39 is 8.32 Å². The number of hydrogen-bond acceptors (Lipinski definition) is 3. The van der Waals surface area contributed by atoms with E-state index >= 15 is 0 Å². The van der Waals surface area contributed by atoms with Gasteiger partial charge in [-0.3, -0.25) is 4.79 Å². The van der Waals surface area contributed by atoms with Crippen molar-refractivity contribution in [1.29, 1.82) is 0 Å². The van der Waals surface area contributed by atoms with Crippen molar-refractivity contribution in [2.45, 2.75) is 64.8 Å². The number of ether oxygens (including phenoxy) is 1. The molecule has 0 aliphatic heterocycles. The highest BCUT2D eigenvalue weighted by molar-refractivity contribution is 6.74. The first-order chi connectivity index (χ1) is 11.1. The predicted molar refractivity (Wildman–Crippen MR) is 101 cm³/mol. The molecule has 1 aliphatic rings. The van der Waals surface area contributed by atoms with Crippen LogP contribution in [0.1, 0.15) is 51.2 Å². The van der Waals surface area contributed by atoms with E-state index in [4.69, 9.17) is 20.8 Å². The van der Waals surface area contributed by atoms with Crippen LogP contribution in [0.4, 0.5) is 0 Å². The maximum Gasteiger partial charge on any atom is 0.309 e. The third-order valence-electron chi connectivity index (χ3n) is 5.25. The van der Waals surface area contributed by atoms with Crippen LogP contribution in [0.25, 0.3) is 0 Å². The fraction of sp³-hybridized carbons (Fsp3) is 0.632. The average molecular weight is 369 g/mol. The molecule has 1 saturated carbocycles. The second-order valence-corrected chi connectivity index (χ2v) is 13.3. The molecule has 0 amide bonds. The van der Waals surface area contributed by atoms with Crippen molar-refractivity contribution in [1.82, 2.24) is 0 Å². The topological polar surface area (TPSA) is 35.5 Å². The molecule has 0 bridgehead atoms. The van der Waals surface area contributed by atoms with E-state index in [1.807, 2.05) is 19.1 Å². The van der Waals surface area contributed by atoms with E-state index in [0.29, 0.717) is 13.2 Å². The molecule has 2 rings (SSSR count). The minimum absolute atomic E-state index is 0.0308. The summed E-state index contributed by atoms with van der Waals surface area (Å²) in [6, 6.07) is 6.08. The summed E-state index contributed by atoms with van der Waals surface area (Å²) in [7, 11) is -1.77. The van der Waals surface area contributed by atoms with Crippen LogP contribution < -0.4 is 0 Å². The average Bonchev–Trinajstić information content (AvgIpc) is 3.24. The lowest BCUT2D eigenvalue weighted by molar-refractivity contribution is -0.144. The number of carbonyl (C=O) groups excluding carboxylic acids is 1. The molecular formula is C19H29ClO3Si. The van der Waals surface area contributed by atoms with Gasteiger partial charge in [-0.25, -0.2) is 0 Å². The third kappa shape index (κ3) is 4.41. The fourth-order valence-electron chi connectivity index (χ4n) is 2.49. The SMILES string of the molecule is CCOC(=O)C1CC1c1ccc(CO[Si](C)(C)C(C)(C)C)cc1Cl. The van der Waals surface area contributed by atoms with Crippen LogP contribution in [-0.4, -0.2) is 20.9 Å². The van der Waals surface area contributed by atoms with Gasteiger partial charge in [0.15, 0.2) is 8.32 Å². The van der Waals surface area contributed by atoms with Gasteiger partial charge < -0.3 is 9.16 Å². The monoisotopic (exact) mass is 368 g/mol. The van der Waals surface area contributed by atoms with E-state index in [1.54, 1.807) is 0 Å². The van der Waals surface area contributed by atoms with Crippen LogP contribution in [0.2, 0.25) is 23.2 Å². The highest BCUT2D eigenvalue weighted by Crippen LogP contribution is 2.50. The molecule has 1 aromatic rings. The lowest BCUT2D eigenvalue weighted by Gasteiger charge is -2.36. The van der Waals surface area contributed by atoms with Gasteiger partial charge in [0, 0.05) is 5.02 Å². The van der Waals surface area contributed by atoms with Gasteiger partial charge in [0.05, 0.1) is 19.1 Å². The fourth-order valence-corrected chi connectivity index (χ4v) is 3.79. The molecule has 1 aliphatic carbocycles. The minimum Gasteiger partial charge on any atom is -0.466 e. The zero-order valence-corrected chi connectivity index (χ0v) is 17.4. The largest absolute Gasteiger partial charge is 0.466 e. The van der Waals surface area contributed by atoms with Gasteiger partial charge in [0.1, 0.15) is 0 Å². The van der Waals surface area contributed by atoms with Crippen molar-refractivity contribution in [3.05, 3.63) is 34.3 Å². The highest BCUT2D eigenvalue weighted by atomic mass is 35.5. The maximum absolute atomic E-state index is 11.8. The van der Waals surface area contributed by atoms with Crippen LogP contribution in [0.5, 0.6) is 0 Å². The summed E-state index contributed by atoms with van der Waals surface area (Å²) in [5, 5.41) is 0.917. The second kappa shape index (κ2) is 7.18. The lowest BCUT2D eigenvalue weighted by Crippen LogP contribution is -2.40. The normalized spacial score (nSPS) is 20.8. The maximum atomic E-state index is 11.8. The van der Waals surface area contributed by atoms with Gasteiger partial charge in [-0.15, -0.1) is 0 Å². The Hall–Kier alpha value is -0.843. The number of rotatable bonds is 6. The smallest absolute Gasteiger partial charge is 0.309 e. The molecule has 5 heteroatoms. The van der Waals surface area contributed by atoms with Crippen LogP contribution in [0, 0.1) is 5.92 Å². The molecule has 2 atom stereocenters. The molecule has 0 radical (unpaired) electrons. The quantitative estimate of drug-likeness (QED) is 0.489. The Morgan fingerprint density at radius 3 is 2.54 bits per heavy atom. The first kappa shape index (κ1) is 19.5. The van der Waals surface area contributed by atoms with E-state index in [1.165, 1.54) is 0 Å². The van der Waals surface area contributed by atoms with Gasteiger partial charge in [-0.2, -0.15) is 0 Å². The number of hydrogen-bond donors (Lipinski definition) is 0. The van der Waals surface area contributed by atoms with Gasteiger partial charge in [0.2, 0.25) is 0 Å². The molecule has 1 aromatic carbocycles. The number of benzene rings is 1. The van der Waals surface area contributed by atoms with Gasteiger partial charge in [-0.05, 0) is 54.6 Å². The second-order valence-electron chi connectivity index (χ2n) is 8.11. The zero-order valence-electron chi connectivity index (χ0n) is 15.6. The Kier molecular flexibility index (Phi) is 5.83. The first-order valence-electron chi connectivity index (χ1n) is 8.65. The van der Waals surface area contributed by atoms with Crippen molar-refractivity contribution in [3.8, 4) is 0 Å². The van der Waals surface area contributed by atoms with E-state index in [9.17, 15) is 4.79 Å². The molecule has 0 heterocycles. The number of carbonyl (C=O) groups is 1. The number of esters is 1. The predicted octanol–water partition coefficient (Wildman–Crippen LogP) is 5.53. The van der Waals surface area contributed by atoms with Crippen LogP contribution in [0.15, 0.2) is 18.2 Å². The Bertz CT molecular complexity index is 607. The molecule has 24 heavy (non-hydrogen) atoms. The van der Waals surface area contributed by atoms with E-state index in [2.05, 4.69) is 39.9 Å². The Morgan fingerprint density at radius 2 is 2.00 bits per heavy atom. The molecule has 0 N–H and O–H groups in total. The lowest BCUT2D eigenvalue weighted by atomic mass is 10.1. The Morgan fingerprint density at radius 1 is 1.33 bits per heavy atom. The van der Waals surface area contributed by atoms with Crippen LogP contribution >= 0.6 is 11.6 Å². The van der Waals surface area contributed by atoms with Crippen molar-refractivity contribution < 1.29 is 14.0 Å². The summed E-state index contributed by atoms with van der Waals surface area (Å²) in [6.45, 7) is 14.0. The molecule has 0 spiro atoms. The zero-order chi connectivity index (χ0) is 18.1. The van der Waals surface area contributed by atoms with Gasteiger partial charge >= 0.3 is 5.97 Å². The Labute approximate surface area is 151 Å². The van der Waals surface area contributed by atoms with Crippen LogP contribution in [-0.2, 0) is 20.6 Å². The summed E-state index contributed by atoms with van der Waals surface area (Å²) in [5.74, 6) is 0.0626. The molecule has 2 unspecified atom stereocenters. The van der Waals surface area contributed by atoms with Crippen molar-refractivity contribution >= 4 is 25.9 Å². The molecule has 1 fully saturated rings. The summed E-state index contributed by atoms with van der Waals surface area (Å²) < 4.78 is 11.3. The summed E-state index contributed by atoms with van der Waals surface area (Å²) in [6.07, 6.45) is 0.832. The molecule has 3 nitrogen and oxygen atoms in total. The molecular weight excluding hydrogens is 340 g/mol. The number of halogens is 1. The van der Waals surface area contributed by atoms with Gasteiger partial charge in [-0.1, -0.05) is 44.5 Å². The van der Waals surface area contributed by atoms with Crippen molar-refractivity contribution in [3.63, 3.8) is 0 Å².